The van der Waals surface area contributed by atoms with Gasteiger partial charge < -0.3 is 4.90 Å². The van der Waals surface area contributed by atoms with Gasteiger partial charge in [0.05, 0.1) is 0 Å². The first kappa shape index (κ1) is 11.0. The zero-order valence-corrected chi connectivity index (χ0v) is 10.6. The monoisotopic (exact) mass is 250 g/mol. The largest absolute Gasteiger partial charge is 0.303 e. The van der Waals surface area contributed by atoms with Crippen molar-refractivity contribution in [3.05, 3.63) is 29.2 Å². The van der Waals surface area contributed by atoms with Crippen molar-refractivity contribution >= 4 is 17.2 Å². The highest BCUT2D eigenvalue weighted by molar-refractivity contribution is 6.29. The number of hydrogen-bond donors (Lipinski definition) is 0. The molecule has 1 fully saturated rings. The van der Waals surface area contributed by atoms with Crippen LogP contribution in [0.2, 0.25) is 5.15 Å². The molecule has 0 spiro atoms. The molecule has 3 rings (SSSR count). The van der Waals surface area contributed by atoms with Crippen LogP contribution in [0.3, 0.4) is 0 Å². The second-order valence-corrected chi connectivity index (χ2v) is 4.87. The maximum absolute atomic E-state index is 6.22. The topological polar surface area (TPSA) is 33.4 Å². The summed E-state index contributed by atoms with van der Waals surface area (Å²) in [6, 6.07) is 5.73. The third-order valence-corrected chi connectivity index (χ3v) is 3.79. The molecule has 0 amide bonds. The molecule has 1 aliphatic heterocycles. The molecule has 1 atom stereocenters. The maximum atomic E-state index is 6.22. The van der Waals surface area contributed by atoms with E-state index in [0.717, 1.165) is 37.5 Å². The summed E-state index contributed by atoms with van der Waals surface area (Å²) in [6.07, 6.45) is 1.14. The Kier molecular flexibility index (Phi) is 2.76. The molecule has 0 bridgehead atoms. The molecule has 2 aromatic rings. The summed E-state index contributed by atoms with van der Waals surface area (Å²) in [5, 5.41) is 9.19. The average molecular weight is 251 g/mol. The third-order valence-electron chi connectivity index (χ3n) is 3.49. The first-order chi connectivity index (χ1) is 8.29. The van der Waals surface area contributed by atoms with E-state index < -0.39 is 0 Å². The van der Waals surface area contributed by atoms with E-state index in [4.69, 9.17) is 11.6 Å². The van der Waals surface area contributed by atoms with Gasteiger partial charge in [-0.1, -0.05) is 24.6 Å². The molecule has 2 aromatic heterocycles. The van der Waals surface area contributed by atoms with Crippen molar-refractivity contribution in [2.75, 3.05) is 19.6 Å². The van der Waals surface area contributed by atoms with Gasteiger partial charge in [-0.15, -0.1) is 10.2 Å². The Hall–Kier alpha value is -1.13. The molecule has 0 radical (unpaired) electrons. The van der Waals surface area contributed by atoms with Crippen molar-refractivity contribution in [1.82, 2.24) is 19.5 Å². The Bertz CT molecular complexity index is 536. The van der Waals surface area contributed by atoms with Gasteiger partial charge in [0.15, 0.2) is 5.65 Å². The van der Waals surface area contributed by atoms with E-state index >= 15 is 0 Å². The minimum absolute atomic E-state index is 0.449. The summed E-state index contributed by atoms with van der Waals surface area (Å²) in [7, 11) is 0. The predicted molar refractivity (Wildman–Crippen MR) is 67.5 cm³/mol. The average Bonchev–Trinajstić information content (AvgIpc) is 2.94. The van der Waals surface area contributed by atoms with Crippen LogP contribution in [0.15, 0.2) is 18.2 Å². The molecular weight excluding hydrogens is 236 g/mol. The third kappa shape index (κ3) is 1.81. The molecule has 0 aliphatic carbocycles. The summed E-state index contributed by atoms with van der Waals surface area (Å²) in [6.45, 7) is 5.49. The summed E-state index contributed by atoms with van der Waals surface area (Å²) in [5.41, 5.74) is 0.836. The van der Waals surface area contributed by atoms with Gasteiger partial charge in [-0.3, -0.25) is 4.40 Å². The summed E-state index contributed by atoms with van der Waals surface area (Å²) < 4.78 is 1.96. The fourth-order valence-electron chi connectivity index (χ4n) is 2.52. The second kappa shape index (κ2) is 4.27. The summed E-state index contributed by atoms with van der Waals surface area (Å²) in [4.78, 5) is 2.43. The van der Waals surface area contributed by atoms with Crippen molar-refractivity contribution in [2.24, 2.45) is 0 Å². The number of likely N-dealkylation sites (tertiary alicyclic amines) is 1. The molecule has 1 unspecified atom stereocenters. The lowest BCUT2D eigenvalue weighted by Gasteiger charge is -2.12. The minimum Gasteiger partial charge on any atom is -0.303 e. The van der Waals surface area contributed by atoms with E-state index in [2.05, 4.69) is 22.0 Å². The summed E-state index contributed by atoms with van der Waals surface area (Å²) in [5.74, 6) is 1.45. The molecule has 1 aliphatic rings. The lowest BCUT2D eigenvalue weighted by molar-refractivity contribution is 0.352. The first-order valence-electron chi connectivity index (χ1n) is 6.01. The van der Waals surface area contributed by atoms with E-state index in [1.165, 1.54) is 0 Å². The first-order valence-corrected chi connectivity index (χ1v) is 6.39. The number of hydrogen-bond acceptors (Lipinski definition) is 3. The SMILES string of the molecule is CCN1CCC(c2nnc3cccc(Cl)n23)C1. The normalized spacial score (nSPS) is 21.4. The van der Waals surface area contributed by atoms with Gasteiger partial charge in [-0.2, -0.15) is 0 Å². The van der Waals surface area contributed by atoms with Gasteiger partial charge in [0.1, 0.15) is 11.0 Å². The number of pyridine rings is 1. The van der Waals surface area contributed by atoms with Crippen molar-refractivity contribution in [3.63, 3.8) is 0 Å². The molecule has 4 nitrogen and oxygen atoms in total. The van der Waals surface area contributed by atoms with Crippen LogP contribution < -0.4 is 0 Å². The van der Waals surface area contributed by atoms with Gasteiger partial charge in [0, 0.05) is 12.5 Å². The van der Waals surface area contributed by atoms with Crippen LogP contribution in [0.5, 0.6) is 0 Å². The lowest BCUT2D eigenvalue weighted by atomic mass is 10.1. The number of rotatable bonds is 2. The molecule has 90 valence electrons. The van der Waals surface area contributed by atoms with Gasteiger partial charge in [0.25, 0.3) is 0 Å². The van der Waals surface area contributed by atoms with E-state index in [0.29, 0.717) is 11.1 Å². The van der Waals surface area contributed by atoms with Crippen LogP contribution in [0.25, 0.3) is 5.65 Å². The molecule has 17 heavy (non-hydrogen) atoms. The molecule has 0 N–H and O–H groups in total. The van der Waals surface area contributed by atoms with Crippen molar-refractivity contribution in [2.45, 2.75) is 19.3 Å². The standard InChI is InChI=1S/C12H15ClN4/c1-2-16-7-6-9(8-16)12-15-14-11-5-3-4-10(13)17(11)12/h3-5,9H,2,6-8H2,1H3. The van der Waals surface area contributed by atoms with E-state index in [1.807, 2.05) is 22.6 Å². The molecular formula is C12H15ClN4. The molecule has 0 saturated carbocycles. The highest BCUT2D eigenvalue weighted by Crippen LogP contribution is 2.27. The number of nitrogens with zero attached hydrogens (tertiary/aromatic N) is 4. The van der Waals surface area contributed by atoms with Gasteiger partial charge in [0.2, 0.25) is 0 Å². The minimum atomic E-state index is 0.449. The molecule has 0 aromatic carbocycles. The zero-order valence-electron chi connectivity index (χ0n) is 9.80. The second-order valence-electron chi connectivity index (χ2n) is 4.48. The van der Waals surface area contributed by atoms with Crippen molar-refractivity contribution < 1.29 is 0 Å². The Balaban J connectivity index is 2.01. The highest BCUT2D eigenvalue weighted by atomic mass is 35.5. The molecule has 3 heterocycles. The van der Waals surface area contributed by atoms with E-state index in [9.17, 15) is 0 Å². The fraction of sp³-hybridized carbons (Fsp3) is 0.500. The Morgan fingerprint density at radius 1 is 1.41 bits per heavy atom. The number of halogens is 1. The van der Waals surface area contributed by atoms with Crippen LogP contribution in [0.4, 0.5) is 0 Å². The fourth-order valence-corrected chi connectivity index (χ4v) is 2.76. The van der Waals surface area contributed by atoms with Gasteiger partial charge in [-0.25, -0.2) is 0 Å². The summed E-state index contributed by atoms with van der Waals surface area (Å²) >= 11 is 6.22. The number of likely N-dealkylation sites (N-methyl/N-ethyl adjacent to an activating group) is 1. The van der Waals surface area contributed by atoms with Crippen molar-refractivity contribution in [1.29, 1.82) is 0 Å². The zero-order chi connectivity index (χ0) is 11.8. The van der Waals surface area contributed by atoms with Crippen LogP contribution in [-0.2, 0) is 0 Å². The van der Waals surface area contributed by atoms with Crippen LogP contribution in [0, 0.1) is 0 Å². The van der Waals surface area contributed by atoms with E-state index in [-0.39, 0.29) is 0 Å². The number of fused-ring (bicyclic) bond motifs is 1. The van der Waals surface area contributed by atoms with Crippen molar-refractivity contribution in [3.8, 4) is 0 Å². The smallest absolute Gasteiger partial charge is 0.161 e. The Labute approximate surface area is 105 Å². The Morgan fingerprint density at radius 3 is 3.06 bits per heavy atom. The van der Waals surface area contributed by atoms with Gasteiger partial charge >= 0.3 is 0 Å². The maximum Gasteiger partial charge on any atom is 0.161 e. The number of aromatic nitrogens is 3. The van der Waals surface area contributed by atoms with Gasteiger partial charge in [-0.05, 0) is 31.6 Å². The van der Waals surface area contributed by atoms with Crippen LogP contribution in [-0.4, -0.2) is 39.1 Å². The molecule has 1 saturated heterocycles. The van der Waals surface area contributed by atoms with Crippen LogP contribution in [0.1, 0.15) is 25.1 Å². The lowest BCUT2D eigenvalue weighted by Crippen LogP contribution is -2.19. The molecule has 5 heteroatoms. The van der Waals surface area contributed by atoms with Crippen LogP contribution >= 0.6 is 11.6 Å². The Morgan fingerprint density at radius 2 is 2.29 bits per heavy atom. The highest BCUT2D eigenvalue weighted by Gasteiger charge is 2.27. The predicted octanol–water partition coefficient (Wildman–Crippen LogP) is 2.19. The van der Waals surface area contributed by atoms with E-state index in [1.54, 1.807) is 0 Å². The quantitative estimate of drug-likeness (QED) is 0.767.